The number of nitro benzene ring substituents is 1. The topological polar surface area (TPSA) is 118 Å². The molecular formula is C37H27N3O5S. The second-order valence-corrected chi connectivity index (χ2v) is 11.6. The number of para-hydroxylation sites is 1. The lowest BCUT2D eigenvalue weighted by atomic mass is 10.0. The summed E-state index contributed by atoms with van der Waals surface area (Å²) in [5, 5.41) is 16.9. The minimum Gasteiger partial charge on any atom is -0.321 e. The molecule has 9 heteroatoms. The number of nitrogens with zero attached hydrogens (tertiary/aromatic N) is 1. The van der Waals surface area contributed by atoms with E-state index in [2.05, 4.69) is 22.8 Å². The second-order valence-electron chi connectivity index (χ2n) is 10.6. The van der Waals surface area contributed by atoms with Crippen LogP contribution in [-0.4, -0.2) is 28.3 Å². The Balaban J connectivity index is 1.12. The van der Waals surface area contributed by atoms with Crippen LogP contribution in [0.2, 0.25) is 0 Å². The Labute approximate surface area is 269 Å². The van der Waals surface area contributed by atoms with Crippen molar-refractivity contribution < 1.29 is 19.3 Å². The molecule has 0 bridgehead atoms. The van der Waals surface area contributed by atoms with E-state index in [1.54, 1.807) is 60.7 Å². The van der Waals surface area contributed by atoms with Crippen molar-refractivity contribution in [2.45, 2.75) is 11.3 Å². The van der Waals surface area contributed by atoms with Crippen molar-refractivity contribution in [3.63, 3.8) is 0 Å². The maximum Gasteiger partial charge on any atom is 0.276 e. The van der Waals surface area contributed by atoms with Crippen molar-refractivity contribution in [3.05, 3.63) is 165 Å². The highest BCUT2D eigenvalue weighted by molar-refractivity contribution is 8.00. The predicted molar refractivity (Wildman–Crippen MR) is 180 cm³/mol. The van der Waals surface area contributed by atoms with E-state index in [1.165, 1.54) is 52.7 Å². The average Bonchev–Trinajstić information content (AvgIpc) is 3.46. The lowest BCUT2D eigenvalue weighted by Crippen LogP contribution is -2.30. The van der Waals surface area contributed by atoms with Crippen LogP contribution in [0.5, 0.6) is 0 Å². The van der Waals surface area contributed by atoms with Crippen LogP contribution in [0.1, 0.15) is 37.4 Å². The smallest absolute Gasteiger partial charge is 0.276 e. The molecule has 1 aliphatic carbocycles. The van der Waals surface area contributed by atoms with Gasteiger partial charge in [-0.2, -0.15) is 0 Å². The number of Topliss-reactive ketones (excluding diaryl/α,β-unsaturated/α-hetero) is 1. The molecule has 0 aliphatic heterocycles. The van der Waals surface area contributed by atoms with Crippen molar-refractivity contribution in [1.82, 2.24) is 5.32 Å². The maximum atomic E-state index is 13.4. The van der Waals surface area contributed by atoms with Gasteiger partial charge < -0.3 is 10.6 Å². The number of rotatable bonds is 10. The van der Waals surface area contributed by atoms with Gasteiger partial charge in [-0.15, -0.1) is 11.8 Å². The molecule has 0 saturated heterocycles. The fraction of sp³-hybridized carbons (Fsp3) is 0.0541. The van der Waals surface area contributed by atoms with Crippen LogP contribution in [0, 0.1) is 10.1 Å². The average molecular weight is 626 g/mol. The molecule has 0 saturated carbocycles. The molecule has 0 heterocycles. The quantitative estimate of drug-likeness (QED) is 0.0534. The molecule has 0 radical (unpaired) electrons. The summed E-state index contributed by atoms with van der Waals surface area (Å²) in [4.78, 5) is 51.1. The van der Waals surface area contributed by atoms with Gasteiger partial charge in [0, 0.05) is 27.8 Å². The van der Waals surface area contributed by atoms with Gasteiger partial charge in [-0.1, -0.05) is 66.7 Å². The Morgan fingerprint density at radius 2 is 1.46 bits per heavy atom. The number of benzene rings is 5. The van der Waals surface area contributed by atoms with Gasteiger partial charge in [-0.25, -0.2) is 0 Å². The van der Waals surface area contributed by atoms with Gasteiger partial charge >= 0.3 is 0 Å². The molecule has 0 atom stereocenters. The van der Waals surface area contributed by atoms with Gasteiger partial charge in [-0.05, 0) is 83.3 Å². The number of hydrogen-bond acceptors (Lipinski definition) is 6. The van der Waals surface area contributed by atoms with E-state index >= 15 is 0 Å². The number of nitrogens with one attached hydrogen (secondary N) is 2. The molecule has 8 nitrogen and oxygen atoms in total. The molecule has 2 N–H and O–H groups in total. The van der Waals surface area contributed by atoms with Crippen molar-refractivity contribution >= 4 is 46.8 Å². The molecule has 0 fully saturated rings. The first-order chi connectivity index (χ1) is 22.4. The first-order valence-corrected chi connectivity index (χ1v) is 15.4. The third-order valence-corrected chi connectivity index (χ3v) is 8.57. The highest BCUT2D eigenvalue weighted by atomic mass is 32.2. The van der Waals surface area contributed by atoms with Gasteiger partial charge in [0.2, 0.25) is 0 Å². The molecule has 0 unspecified atom stereocenters. The molecule has 6 rings (SSSR count). The molecule has 0 spiro atoms. The van der Waals surface area contributed by atoms with Crippen LogP contribution in [0.3, 0.4) is 0 Å². The SMILES string of the molecule is O=C(Nc1ccc(SCC(=O)c2ccc3c(c2)Cc2ccccc2-3)cc1)/C(=C/c1ccccc1[N+](=O)[O-])NC(=O)c1ccccc1. The Morgan fingerprint density at radius 1 is 0.761 bits per heavy atom. The lowest BCUT2D eigenvalue weighted by molar-refractivity contribution is -0.385. The van der Waals surface area contributed by atoms with E-state index in [0.29, 0.717) is 16.8 Å². The van der Waals surface area contributed by atoms with Gasteiger partial charge in [0.25, 0.3) is 17.5 Å². The summed E-state index contributed by atoms with van der Waals surface area (Å²) < 4.78 is 0. The number of ketones is 1. The summed E-state index contributed by atoms with van der Waals surface area (Å²) in [5.74, 6) is -0.909. The zero-order valence-electron chi connectivity index (χ0n) is 24.4. The van der Waals surface area contributed by atoms with E-state index in [1.807, 2.05) is 30.3 Å². The van der Waals surface area contributed by atoms with Crippen LogP contribution < -0.4 is 10.6 Å². The molecule has 0 aromatic heterocycles. The van der Waals surface area contributed by atoms with Crippen LogP contribution in [0.4, 0.5) is 11.4 Å². The zero-order chi connectivity index (χ0) is 32.0. The van der Waals surface area contributed by atoms with E-state index in [4.69, 9.17) is 0 Å². The monoisotopic (exact) mass is 625 g/mol. The fourth-order valence-electron chi connectivity index (χ4n) is 5.26. The van der Waals surface area contributed by atoms with E-state index < -0.39 is 16.7 Å². The molecule has 5 aromatic carbocycles. The molecule has 2 amide bonds. The molecule has 226 valence electrons. The minimum atomic E-state index is -0.656. The fourth-order valence-corrected chi connectivity index (χ4v) is 6.05. The van der Waals surface area contributed by atoms with Crippen molar-refractivity contribution in [2.75, 3.05) is 11.1 Å². The normalized spacial score (nSPS) is 11.7. The van der Waals surface area contributed by atoms with E-state index in [0.717, 1.165) is 16.9 Å². The van der Waals surface area contributed by atoms with E-state index in [-0.39, 0.29) is 28.5 Å². The summed E-state index contributed by atoms with van der Waals surface area (Å²) in [6, 6.07) is 35.4. The Kier molecular flexibility index (Phi) is 8.84. The number of amides is 2. The third kappa shape index (κ3) is 6.80. The first kappa shape index (κ1) is 30.2. The van der Waals surface area contributed by atoms with Gasteiger partial charge in [0.05, 0.1) is 16.2 Å². The summed E-state index contributed by atoms with van der Waals surface area (Å²) in [6.07, 6.45) is 2.10. The second kappa shape index (κ2) is 13.5. The number of anilines is 1. The molecule has 1 aliphatic rings. The van der Waals surface area contributed by atoms with Crippen LogP contribution in [-0.2, 0) is 11.2 Å². The maximum absolute atomic E-state index is 13.4. The van der Waals surface area contributed by atoms with E-state index in [9.17, 15) is 24.5 Å². The van der Waals surface area contributed by atoms with Crippen LogP contribution in [0.15, 0.2) is 132 Å². The minimum absolute atomic E-state index is 0.0278. The Bertz CT molecular complexity index is 2010. The number of carbonyl (C=O) groups excluding carboxylic acids is 3. The summed E-state index contributed by atoms with van der Waals surface area (Å²) in [7, 11) is 0. The van der Waals surface area contributed by atoms with Crippen molar-refractivity contribution in [1.29, 1.82) is 0 Å². The summed E-state index contributed by atoms with van der Waals surface area (Å²) in [6.45, 7) is 0. The number of thioether (sulfide) groups is 1. The Morgan fingerprint density at radius 3 is 2.24 bits per heavy atom. The molecular weight excluding hydrogens is 598 g/mol. The summed E-state index contributed by atoms with van der Waals surface area (Å²) in [5.41, 5.74) is 6.07. The van der Waals surface area contributed by atoms with Gasteiger partial charge in [-0.3, -0.25) is 24.5 Å². The van der Waals surface area contributed by atoms with Crippen LogP contribution >= 0.6 is 11.8 Å². The highest BCUT2D eigenvalue weighted by Gasteiger charge is 2.20. The number of fused-ring (bicyclic) bond motifs is 3. The first-order valence-electron chi connectivity index (χ1n) is 14.5. The van der Waals surface area contributed by atoms with Gasteiger partial charge in [0.1, 0.15) is 5.70 Å². The van der Waals surface area contributed by atoms with Crippen molar-refractivity contribution in [2.24, 2.45) is 0 Å². The third-order valence-electron chi connectivity index (χ3n) is 7.56. The zero-order valence-corrected chi connectivity index (χ0v) is 25.3. The number of carbonyl (C=O) groups is 3. The number of hydrogen-bond donors (Lipinski definition) is 2. The number of nitro groups is 1. The molecule has 5 aromatic rings. The predicted octanol–water partition coefficient (Wildman–Crippen LogP) is 7.55. The molecule has 46 heavy (non-hydrogen) atoms. The summed E-state index contributed by atoms with van der Waals surface area (Å²) >= 11 is 1.40. The standard InChI is InChI=1S/C37H27N3O5S/c41-35(27-14-19-32-28(21-27)20-25-10-4-6-12-31(25)32)23-46-30-17-15-29(16-18-30)38-37(43)33(39-36(42)24-8-2-1-3-9-24)22-26-11-5-7-13-34(26)40(44)45/h1-19,21-22H,20,23H2,(H,38,43)(H,39,42)/b33-22-. The Hall–Kier alpha value is -5.80. The van der Waals surface area contributed by atoms with Crippen LogP contribution in [0.25, 0.3) is 17.2 Å². The van der Waals surface area contributed by atoms with Crippen molar-refractivity contribution in [3.8, 4) is 11.1 Å². The lowest BCUT2D eigenvalue weighted by Gasteiger charge is -2.12. The highest BCUT2D eigenvalue weighted by Crippen LogP contribution is 2.37. The largest absolute Gasteiger partial charge is 0.321 e. The van der Waals surface area contributed by atoms with Gasteiger partial charge in [0.15, 0.2) is 5.78 Å².